The summed E-state index contributed by atoms with van der Waals surface area (Å²) < 4.78 is 57.9. The van der Waals surface area contributed by atoms with Gasteiger partial charge in [0, 0.05) is 60.8 Å². The average Bonchev–Trinajstić information content (AvgIpc) is 3.55. The van der Waals surface area contributed by atoms with Gasteiger partial charge in [0.05, 0.1) is 28.2 Å². The van der Waals surface area contributed by atoms with Crippen molar-refractivity contribution in [3.05, 3.63) is 82.8 Å². The molecule has 12 nitrogen and oxygen atoms in total. The lowest BCUT2D eigenvalue weighted by atomic mass is 10.0. The molecule has 0 spiro atoms. The predicted octanol–water partition coefficient (Wildman–Crippen LogP) is 6.66. The number of carbonyl (C=O) groups excluding carboxylic acids is 1. The highest BCUT2D eigenvalue weighted by Crippen LogP contribution is 2.40. The molecule has 1 amide bonds. The number of pyridine rings is 1. The molecule has 242 valence electrons. The number of nitrogens with one attached hydrogen (secondary N) is 1. The van der Waals surface area contributed by atoms with Crippen molar-refractivity contribution in [3.63, 3.8) is 0 Å². The third-order valence-corrected chi connectivity index (χ3v) is 8.06. The van der Waals surface area contributed by atoms with Crippen molar-refractivity contribution in [1.82, 2.24) is 33.1 Å². The van der Waals surface area contributed by atoms with Crippen molar-refractivity contribution in [3.8, 4) is 28.3 Å². The van der Waals surface area contributed by atoms with Gasteiger partial charge in [-0.2, -0.15) is 18.3 Å². The number of fused-ring (bicyclic) bond motifs is 3. The number of benzene rings is 1. The maximum Gasteiger partial charge on any atom is 0.433 e. The number of nitrogens with zero attached hydrogens (tertiary/aromatic N) is 7. The number of aromatic nitrogens is 7. The number of alkyl halides is 3. The summed E-state index contributed by atoms with van der Waals surface area (Å²) in [5.41, 5.74) is 11.0. The minimum absolute atomic E-state index is 0.0129. The number of amides is 1. The third-order valence-electron chi connectivity index (χ3n) is 7.75. The first-order valence-electron chi connectivity index (χ1n) is 14.5. The van der Waals surface area contributed by atoms with Crippen LogP contribution < -0.4 is 15.8 Å². The van der Waals surface area contributed by atoms with Gasteiger partial charge in [-0.1, -0.05) is 11.6 Å². The van der Waals surface area contributed by atoms with E-state index in [-0.39, 0.29) is 34.8 Å². The molecule has 2 aliphatic heterocycles. The second-order valence-electron chi connectivity index (χ2n) is 11.2. The molecule has 0 atom stereocenters. The fourth-order valence-electron chi connectivity index (χ4n) is 5.53. The standard InChI is InChI=1S/C31H27ClF3N9O3/c1-5-46-22-10-17(28(45)39-24-11-23(31(33,34)35)41(4)40-24)20(32)9-18(22)25-27-26(37-6-7-42(27)14-38-25)19-13-44-16(8-21(19)36)12-43(15(2)3)29-30(44)47-29/h6-15H,5,36H2,1-4H3,(H,39,40,45). The Balaban J connectivity index is 1.33. The fourth-order valence-corrected chi connectivity index (χ4v) is 5.78. The van der Waals surface area contributed by atoms with Crippen molar-refractivity contribution in [2.75, 3.05) is 17.7 Å². The number of nitrogen functional groups attached to an aromatic ring is 1. The summed E-state index contributed by atoms with van der Waals surface area (Å²) in [6, 6.07) is 5.74. The number of aryl methyl sites for hydroxylation is 1. The van der Waals surface area contributed by atoms with Gasteiger partial charge in [-0.25, -0.2) is 4.98 Å². The first-order valence-corrected chi connectivity index (χ1v) is 14.9. The third kappa shape index (κ3) is 5.12. The number of halogens is 4. The Morgan fingerprint density at radius 1 is 1.11 bits per heavy atom. The van der Waals surface area contributed by atoms with Crippen molar-refractivity contribution < 1.29 is 27.1 Å². The predicted molar refractivity (Wildman–Crippen MR) is 168 cm³/mol. The molecule has 6 heterocycles. The van der Waals surface area contributed by atoms with E-state index in [1.54, 1.807) is 30.0 Å². The van der Waals surface area contributed by atoms with Crippen molar-refractivity contribution in [2.24, 2.45) is 7.05 Å². The van der Waals surface area contributed by atoms with E-state index in [4.69, 9.17) is 26.5 Å². The van der Waals surface area contributed by atoms with Crippen LogP contribution in [0.2, 0.25) is 5.02 Å². The molecular weight excluding hydrogens is 639 g/mol. The van der Waals surface area contributed by atoms with E-state index in [9.17, 15) is 18.0 Å². The summed E-state index contributed by atoms with van der Waals surface area (Å²) in [7, 11) is 1.13. The summed E-state index contributed by atoms with van der Waals surface area (Å²) >= 11 is 6.63. The molecule has 16 heteroatoms. The lowest BCUT2D eigenvalue weighted by Gasteiger charge is -2.15. The Bertz CT molecular complexity index is 2400. The fraction of sp³-hybridized carbons (Fsp3) is 0.226. The highest BCUT2D eigenvalue weighted by atomic mass is 35.5. The van der Waals surface area contributed by atoms with E-state index in [2.05, 4.69) is 34.2 Å². The van der Waals surface area contributed by atoms with Crippen LogP contribution in [0.5, 0.6) is 5.75 Å². The Hall–Kier alpha value is -5.44. The minimum atomic E-state index is -4.64. The molecule has 3 N–H and O–H groups in total. The second-order valence-corrected chi connectivity index (χ2v) is 11.6. The van der Waals surface area contributed by atoms with Crippen molar-refractivity contribution >= 4 is 40.0 Å². The first-order chi connectivity index (χ1) is 22.3. The highest BCUT2D eigenvalue weighted by Gasteiger charge is 2.35. The molecule has 0 radical (unpaired) electrons. The number of nitrogens with two attached hydrogens (primary N) is 1. The maximum absolute atomic E-state index is 13.3. The van der Waals surface area contributed by atoms with E-state index < -0.39 is 17.8 Å². The van der Waals surface area contributed by atoms with Gasteiger partial charge in [0.1, 0.15) is 29.2 Å². The van der Waals surface area contributed by atoms with E-state index in [1.807, 2.05) is 27.4 Å². The monoisotopic (exact) mass is 665 g/mol. The Kier molecular flexibility index (Phi) is 6.96. The van der Waals surface area contributed by atoms with Crippen LogP contribution in [0.1, 0.15) is 42.9 Å². The molecule has 0 fully saturated rings. The molecule has 47 heavy (non-hydrogen) atoms. The number of ether oxygens (including phenoxy) is 1. The lowest BCUT2D eigenvalue weighted by molar-refractivity contribution is -0.143. The minimum Gasteiger partial charge on any atom is -0.493 e. The molecular formula is C31H27ClF3N9O3. The van der Waals surface area contributed by atoms with E-state index >= 15 is 0 Å². The Morgan fingerprint density at radius 2 is 1.87 bits per heavy atom. The van der Waals surface area contributed by atoms with Crippen LogP contribution in [0.3, 0.4) is 0 Å². The van der Waals surface area contributed by atoms with Crippen LogP contribution in [0.4, 0.5) is 24.7 Å². The van der Waals surface area contributed by atoms with Crippen LogP contribution in [0, 0.1) is 11.1 Å². The Morgan fingerprint density at radius 3 is 2.57 bits per heavy atom. The van der Waals surface area contributed by atoms with Crippen molar-refractivity contribution in [2.45, 2.75) is 33.0 Å². The zero-order valence-corrected chi connectivity index (χ0v) is 26.2. The molecule has 0 unspecified atom stereocenters. The molecule has 4 aromatic heterocycles. The first kappa shape index (κ1) is 30.2. The second kappa shape index (κ2) is 10.8. The van der Waals surface area contributed by atoms with Gasteiger partial charge in [-0.05, 0) is 39.0 Å². The van der Waals surface area contributed by atoms with Crippen LogP contribution in [0.25, 0.3) is 33.5 Å². The topological polar surface area (TPSA) is 135 Å². The molecule has 0 saturated heterocycles. The molecule has 1 aromatic carbocycles. The number of carbonyl (C=O) groups is 1. The molecule has 0 bridgehead atoms. The van der Waals surface area contributed by atoms with Gasteiger partial charge in [-0.3, -0.25) is 18.9 Å². The van der Waals surface area contributed by atoms with E-state index in [1.165, 1.54) is 12.1 Å². The number of hydrogen-bond donors (Lipinski definition) is 2. The summed E-state index contributed by atoms with van der Waals surface area (Å²) in [5.74, 6) is -0.783. The average molecular weight is 666 g/mol. The quantitative estimate of drug-likeness (QED) is 0.195. The maximum atomic E-state index is 13.3. The normalized spacial score (nSPS) is 12.3. The largest absolute Gasteiger partial charge is 0.493 e. The summed E-state index contributed by atoms with van der Waals surface area (Å²) in [6.07, 6.45) is 4.18. The van der Waals surface area contributed by atoms with Gasteiger partial charge in [0.25, 0.3) is 17.0 Å². The number of anilines is 2. The van der Waals surface area contributed by atoms with Gasteiger partial charge < -0.3 is 29.2 Å². The van der Waals surface area contributed by atoms with Crippen LogP contribution in [0.15, 0.2) is 59.8 Å². The molecule has 7 rings (SSSR count). The van der Waals surface area contributed by atoms with Gasteiger partial charge >= 0.3 is 6.18 Å². The Labute approximate surface area is 268 Å². The molecule has 0 aliphatic carbocycles. The summed E-state index contributed by atoms with van der Waals surface area (Å²) in [6.45, 7) is 6.14. The van der Waals surface area contributed by atoms with E-state index in [0.29, 0.717) is 43.9 Å². The zero-order chi connectivity index (χ0) is 33.4. The summed E-state index contributed by atoms with van der Waals surface area (Å²) in [4.78, 5) is 22.5. The van der Waals surface area contributed by atoms with Crippen LogP contribution >= 0.6 is 11.6 Å². The molecule has 0 saturated carbocycles. The van der Waals surface area contributed by atoms with Gasteiger partial charge in [0.2, 0.25) is 0 Å². The number of imidazole rings is 1. The van der Waals surface area contributed by atoms with Crippen LogP contribution in [-0.2, 0) is 13.2 Å². The molecule has 5 aromatic rings. The van der Waals surface area contributed by atoms with Crippen molar-refractivity contribution in [1.29, 1.82) is 0 Å². The van der Waals surface area contributed by atoms with Gasteiger partial charge in [-0.15, -0.1) is 0 Å². The number of rotatable bonds is 7. The SMILES string of the molecule is CCOc1cc(C(=O)Nc2cc(C(F)(F)F)n(C)n2)c(Cl)cc1-c1ncn2ccnc(-c3cn4c5oc=5n(C(C)C)cc4cc3N)c12. The zero-order valence-electron chi connectivity index (χ0n) is 25.4. The van der Waals surface area contributed by atoms with Gasteiger partial charge in [0.15, 0.2) is 5.82 Å². The lowest BCUT2D eigenvalue weighted by Crippen LogP contribution is -2.14. The van der Waals surface area contributed by atoms with E-state index in [0.717, 1.165) is 24.2 Å². The summed E-state index contributed by atoms with van der Waals surface area (Å²) in [5, 5.41) is 6.16. The number of hydrogen-bond acceptors (Lipinski definition) is 7. The molecule has 2 aliphatic rings. The smallest absolute Gasteiger partial charge is 0.433 e. The highest BCUT2D eigenvalue weighted by molar-refractivity contribution is 6.35. The van der Waals surface area contributed by atoms with Crippen LogP contribution in [-0.4, -0.2) is 45.6 Å².